The largest absolute Gasteiger partial charge is 0.484 e. The zero-order valence-corrected chi connectivity index (χ0v) is 13.5. The number of nitrogens with one attached hydrogen (secondary N) is 1. The molecule has 1 amide bonds. The zero-order chi connectivity index (χ0) is 16.5. The highest BCUT2D eigenvalue weighted by molar-refractivity contribution is 5.77. The Balaban J connectivity index is 1.72. The molecule has 0 radical (unpaired) electrons. The van der Waals surface area contributed by atoms with E-state index in [1.165, 1.54) is 5.56 Å². The molecule has 3 nitrogen and oxygen atoms in total. The molecule has 2 aromatic rings. The van der Waals surface area contributed by atoms with Crippen LogP contribution in [0, 0.1) is 11.8 Å². The molecule has 0 bridgehead atoms. The third-order valence-electron chi connectivity index (χ3n) is 3.30. The summed E-state index contributed by atoms with van der Waals surface area (Å²) >= 11 is 0. The van der Waals surface area contributed by atoms with Crippen molar-refractivity contribution in [2.24, 2.45) is 0 Å². The van der Waals surface area contributed by atoms with E-state index in [0.29, 0.717) is 18.2 Å². The standard InChI is InChI=1S/C20H21NO2/c1-16(2)18-10-12-19(13-11-18)23-15-20(22)21-14-6-9-17-7-4-3-5-8-17/h3-5,7-8,10-13,16H,14-15H2,1-2H3,(H,21,22). The van der Waals surface area contributed by atoms with Crippen LogP contribution >= 0.6 is 0 Å². The normalized spacial score (nSPS) is 9.87. The lowest BCUT2D eigenvalue weighted by Crippen LogP contribution is -2.29. The number of rotatable bonds is 5. The molecule has 2 rings (SSSR count). The summed E-state index contributed by atoms with van der Waals surface area (Å²) in [4.78, 5) is 11.7. The van der Waals surface area contributed by atoms with Crippen LogP contribution in [0.4, 0.5) is 0 Å². The van der Waals surface area contributed by atoms with Gasteiger partial charge in [0, 0.05) is 5.56 Å². The number of benzene rings is 2. The summed E-state index contributed by atoms with van der Waals surface area (Å²) in [7, 11) is 0. The molecule has 0 heterocycles. The summed E-state index contributed by atoms with van der Waals surface area (Å²) in [5.41, 5.74) is 2.18. The molecule has 0 aliphatic heterocycles. The van der Waals surface area contributed by atoms with Crippen molar-refractivity contribution in [3.05, 3.63) is 65.7 Å². The van der Waals surface area contributed by atoms with Gasteiger partial charge in [-0.2, -0.15) is 0 Å². The van der Waals surface area contributed by atoms with Gasteiger partial charge in [0.1, 0.15) is 5.75 Å². The zero-order valence-electron chi connectivity index (χ0n) is 13.5. The van der Waals surface area contributed by atoms with Gasteiger partial charge in [-0.15, -0.1) is 0 Å². The number of hydrogen-bond acceptors (Lipinski definition) is 2. The van der Waals surface area contributed by atoms with Crippen molar-refractivity contribution in [3.63, 3.8) is 0 Å². The minimum Gasteiger partial charge on any atom is -0.484 e. The minimum atomic E-state index is -0.180. The molecule has 0 aliphatic carbocycles. The van der Waals surface area contributed by atoms with E-state index in [2.05, 4.69) is 31.0 Å². The van der Waals surface area contributed by atoms with Crippen LogP contribution in [-0.4, -0.2) is 19.1 Å². The van der Waals surface area contributed by atoms with Crippen LogP contribution in [0.3, 0.4) is 0 Å². The van der Waals surface area contributed by atoms with Gasteiger partial charge in [-0.3, -0.25) is 4.79 Å². The van der Waals surface area contributed by atoms with Crippen LogP contribution in [0.25, 0.3) is 0 Å². The van der Waals surface area contributed by atoms with Gasteiger partial charge in [-0.1, -0.05) is 56.0 Å². The molecule has 1 N–H and O–H groups in total. The van der Waals surface area contributed by atoms with E-state index in [1.807, 2.05) is 54.6 Å². The Hall–Kier alpha value is -2.73. The topological polar surface area (TPSA) is 38.3 Å². The molecule has 0 aliphatic rings. The predicted molar refractivity (Wildman–Crippen MR) is 92.4 cm³/mol. The van der Waals surface area contributed by atoms with Gasteiger partial charge in [0.05, 0.1) is 6.54 Å². The first-order chi connectivity index (χ1) is 11.1. The average Bonchev–Trinajstić information content (AvgIpc) is 2.58. The molecular formula is C20H21NO2. The van der Waals surface area contributed by atoms with Crippen molar-refractivity contribution < 1.29 is 9.53 Å². The SMILES string of the molecule is CC(C)c1ccc(OCC(=O)NCC#Cc2ccccc2)cc1. The van der Waals surface area contributed by atoms with E-state index < -0.39 is 0 Å². The van der Waals surface area contributed by atoms with Crippen LogP contribution < -0.4 is 10.1 Å². The highest BCUT2D eigenvalue weighted by atomic mass is 16.5. The Labute approximate surface area is 137 Å². The lowest BCUT2D eigenvalue weighted by Gasteiger charge is -2.08. The quantitative estimate of drug-likeness (QED) is 0.860. The highest BCUT2D eigenvalue weighted by Crippen LogP contribution is 2.18. The van der Waals surface area contributed by atoms with Gasteiger partial charge in [0.15, 0.2) is 6.61 Å². The van der Waals surface area contributed by atoms with Gasteiger partial charge in [-0.05, 0) is 35.7 Å². The number of hydrogen-bond donors (Lipinski definition) is 1. The maximum Gasteiger partial charge on any atom is 0.258 e. The Morgan fingerprint density at radius 2 is 1.78 bits per heavy atom. The fourth-order valence-electron chi connectivity index (χ4n) is 1.96. The van der Waals surface area contributed by atoms with Crippen LogP contribution in [0.2, 0.25) is 0 Å². The molecule has 0 unspecified atom stereocenters. The van der Waals surface area contributed by atoms with Crippen LogP contribution in [0.1, 0.15) is 30.9 Å². The van der Waals surface area contributed by atoms with Crippen molar-refractivity contribution in [2.75, 3.05) is 13.2 Å². The smallest absolute Gasteiger partial charge is 0.258 e. The first kappa shape index (κ1) is 16.6. The molecular weight excluding hydrogens is 286 g/mol. The number of ether oxygens (including phenoxy) is 1. The molecule has 0 fully saturated rings. The Morgan fingerprint density at radius 3 is 2.43 bits per heavy atom. The number of amides is 1. The van der Waals surface area contributed by atoms with E-state index >= 15 is 0 Å². The summed E-state index contributed by atoms with van der Waals surface area (Å²) in [6.45, 7) is 4.58. The molecule has 0 aromatic heterocycles. The molecule has 0 spiro atoms. The summed E-state index contributed by atoms with van der Waals surface area (Å²) in [5, 5.41) is 2.72. The fourth-order valence-corrected chi connectivity index (χ4v) is 1.96. The Morgan fingerprint density at radius 1 is 1.09 bits per heavy atom. The Bertz CT molecular complexity index is 679. The highest BCUT2D eigenvalue weighted by Gasteiger charge is 2.02. The maximum atomic E-state index is 11.7. The van der Waals surface area contributed by atoms with Crippen LogP contribution in [0.5, 0.6) is 5.75 Å². The molecule has 0 saturated carbocycles. The number of carbonyl (C=O) groups excluding carboxylic acids is 1. The van der Waals surface area contributed by atoms with E-state index in [4.69, 9.17) is 4.74 Å². The maximum absolute atomic E-state index is 11.7. The number of carbonyl (C=O) groups is 1. The minimum absolute atomic E-state index is 0.00591. The second-order valence-electron chi connectivity index (χ2n) is 5.46. The summed E-state index contributed by atoms with van der Waals surface area (Å²) in [6, 6.07) is 17.5. The van der Waals surface area contributed by atoms with Crippen molar-refractivity contribution in [1.82, 2.24) is 5.32 Å². The van der Waals surface area contributed by atoms with Gasteiger partial charge in [0.25, 0.3) is 5.91 Å². The van der Waals surface area contributed by atoms with Crippen LogP contribution in [0.15, 0.2) is 54.6 Å². The van der Waals surface area contributed by atoms with Crippen LogP contribution in [-0.2, 0) is 4.79 Å². The van der Waals surface area contributed by atoms with Gasteiger partial charge in [-0.25, -0.2) is 0 Å². The van der Waals surface area contributed by atoms with Gasteiger partial charge in [0.2, 0.25) is 0 Å². The lowest BCUT2D eigenvalue weighted by atomic mass is 10.0. The summed E-state index contributed by atoms with van der Waals surface area (Å²) in [6.07, 6.45) is 0. The lowest BCUT2D eigenvalue weighted by molar-refractivity contribution is -0.122. The van der Waals surface area contributed by atoms with Crippen molar-refractivity contribution in [2.45, 2.75) is 19.8 Å². The second kappa shape index (κ2) is 8.65. The van der Waals surface area contributed by atoms with Crippen molar-refractivity contribution in [3.8, 4) is 17.6 Å². The van der Waals surface area contributed by atoms with Crippen molar-refractivity contribution in [1.29, 1.82) is 0 Å². The van der Waals surface area contributed by atoms with Gasteiger partial charge < -0.3 is 10.1 Å². The fraction of sp³-hybridized carbons (Fsp3) is 0.250. The van der Waals surface area contributed by atoms with Gasteiger partial charge >= 0.3 is 0 Å². The summed E-state index contributed by atoms with van der Waals surface area (Å²) in [5.74, 6) is 6.89. The second-order valence-corrected chi connectivity index (χ2v) is 5.46. The average molecular weight is 307 g/mol. The molecule has 0 saturated heterocycles. The first-order valence-corrected chi connectivity index (χ1v) is 7.68. The first-order valence-electron chi connectivity index (χ1n) is 7.68. The molecule has 23 heavy (non-hydrogen) atoms. The third-order valence-corrected chi connectivity index (χ3v) is 3.30. The third kappa shape index (κ3) is 5.88. The monoisotopic (exact) mass is 307 g/mol. The van der Waals surface area contributed by atoms with E-state index in [9.17, 15) is 4.79 Å². The van der Waals surface area contributed by atoms with Crippen molar-refractivity contribution >= 4 is 5.91 Å². The van der Waals surface area contributed by atoms with E-state index in [0.717, 1.165) is 5.56 Å². The molecule has 118 valence electrons. The predicted octanol–water partition coefficient (Wildman–Crippen LogP) is 3.36. The molecule has 3 heteroatoms. The Kier molecular flexibility index (Phi) is 6.26. The summed E-state index contributed by atoms with van der Waals surface area (Å²) < 4.78 is 5.46. The molecule has 0 atom stereocenters. The van der Waals surface area contributed by atoms with E-state index in [1.54, 1.807) is 0 Å². The molecule has 2 aromatic carbocycles. The van der Waals surface area contributed by atoms with E-state index in [-0.39, 0.29) is 12.5 Å².